The first-order valence-corrected chi connectivity index (χ1v) is 7.54. The highest BCUT2D eigenvalue weighted by molar-refractivity contribution is 7.99. The highest BCUT2D eigenvalue weighted by Gasteiger charge is 2.18. The van der Waals surface area contributed by atoms with Crippen LogP contribution in [0.5, 0.6) is 0 Å². The zero-order chi connectivity index (χ0) is 13.5. The Labute approximate surface area is 120 Å². The van der Waals surface area contributed by atoms with Gasteiger partial charge < -0.3 is 0 Å². The third-order valence-electron chi connectivity index (χ3n) is 3.66. The van der Waals surface area contributed by atoms with E-state index in [1.54, 1.807) is 11.8 Å². The number of carbonyl (C=O) groups excluding carboxylic acids is 1. The number of hydrogen-bond acceptors (Lipinski definition) is 3. The van der Waals surface area contributed by atoms with Crippen LogP contribution in [0.25, 0.3) is 22.0 Å². The van der Waals surface area contributed by atoms with Crippen LogP contribution in [-0.2, 0) is 0 Å². The third-order valence-corrected chi connectivity index (χ3v) is 4.74. The van der Waals surface area contributed by atoms with Crippen LogP contribution in [0.15, 0.2) is 47.5 Å². The first-order valence-electron chi connectivity index (χ1n) is 6.55. The summed E-state index contributed by atoms with van der Waals surface area (Å²) in [5, 5.41) is 8.16. The Morgan fingerprint density at radius 2 is 2.10 bits per heavy atom. The van der Waals surface area contributed by atoms with Gasteiger partial charge in [-0.1, -0.05) is 18.2 Å². The number of nitrogens with zero attached hydrogens (tertiary/aromatic N) is 1. The molecular weight excluding hydrogens is 268 g/mol. The molecule has 0 bridgehead atoms. The molecule has 0 amide bonds. The summed E-state index contributed by atoms with van der Waals surface area (Å²) in [6.07, 6.45) is 2.47. The van der Waals surface area contributed by atoms with E-state index in [-0.39, 0.29) is 5.78 Å². The summed E-state index contributed by atoms with van der Waals surface area (Å²) in [6, 6.07) is 12.3. The molecule has 4 heteroatoms. The lowest BCUT2D eigenvalue weighted by molar-refractivity contribution is 0.0985. The summed E-state index contributed by atoms with van der Waals surface area (Å²) >= 11 is 1.76. The lowest BCUT2D eigenvalue weighted by Gasteiger charge is -2.15. The Balaban J connectivity index is 1.93. The van der Waals surface area contributed by atoms with Crippen molar-refractivity contribution >= 4 is 28.4 Å². The van der Waals surface area contributed by atoms with Gasteiger partial charge in [0, 0.05) is 28.0 Å². The van der Waals surface area contributed by atoms with Crippen molar-refractivity contribution in [3.8, 4) is 11.1 Å². The van der Waals surface area contributed by atoms with E-state index in [4.69, 9.17) is 0 Å². The molecule has 1 N–H and O–H groups in total. The van der Waals surface area contributed by atoms with Crippen LogP contribution in [0.1, 0.15) is 16.8 Å². The summed E-state index contributed by atoms with van der Waals surface area (Å²) < 4.78 is 0. The summed E-state index contributed by atoms with van der Waals surface area (Å²) in [5.74, 6) is 1.14. The van der Waals surface area contributed by atoms with Crippen LogP contribution < -0.4 is 0 Å². The van der Waals surface area contributed by atoms with Gasteiger partial charge in [0.15, 0.2) is 5.78 Å². The maximum Gasteiger partial charge on any atom is 0.164 e. The second kappa shape index (κ2) is 4.49. The molecule has 1 aliphatic rings. The van der Waals surface area contributed by atoms with Gasteiger partial charge in [0.2, 0.25) is 0 Å². The summed E-state index contributed by atoms with van der Waals surface area (Å²) in [5.41, 5.74) is 4.06. The first kappa shape index (κ1) is 11.7. The zero-order valence-electron chi connectivity index (χ0n) is 10.7. The molecule has 1 aliphatic heterocycles. The second-order valence-corrected chi connectivity index (χ2v) is 6.01. The van der Waals surface area contributed by atoms with E-state index >= 15 is 0 Å². The average Bonchev–Trinajstić information content (AvgIpc) is 2.96. The highest BCUT2D eigenvalue weighted by Crippen LogP contribution is 2.35. The molecule has 3 aromatic rings. The van der Waals surface area contributed by atoms with Crippen molar-refractivity contribution in [2.75, 3.05) is 5.75 Å². The highest BCUT2D eigenvalue weighted by atomic mass is 32.2. The third kappa shape index (κ3) is 1.76. The largest absolute Gasteiger partial charge is 0.294 e. The minimum absolute atomic E-state index is 0.250. The fourth-order valence-corrected chi connectivity index (χ4v) is 3.65. The SMILES string of the molecule is O=C1CCSc2ccc(-c3cccc4[nH]ncc34)cc21. The van der Waals surface area contributed by atoms with Crippen molar-refractivity contribution in [2.45, 2.75) is 11.3 Å². The number of rotatable bonds is 1. The van der Waals surface area contributed by atoms with Crippen molar-refractivity contribution in [1.82, 2.24) is 10.2 Å². The van der Waals surface area contributed by atoms with E-state index in [1.165, 1.54) is 0 Å². The van der Waals surface area contributed by atoms with Gasteiger partial charge in [-0.25, -0.2) is 0 Å². The minimum atomic E-state index is 0.250. The van der Waals surface area contributed by atoms with Crippen LogP contribution in [0.4, 0.5) is 0 Å². The fraction of sp³-hybridized carbons (Fsp3) is 0.125. The van der Waals surface area contributed by atoms with Crippen molar-refractivity contribution in [3.63, 3.8) is 0 Å². The number of ketones is 1. The fourth-order valence-electron chi connectivity index (χ4n) is 2.65. The molecule has 1 aromatic heterocycles. The standard InChI is InChI=1S/C16H12N2OS/c19-15-6-7-20-16-5-4-10(8-12(15)16)11-2-1-3-14-13(11)9-17-18-14/h1-5,8-9H,6-7H2,(H,17,18). The van der Waals surface area contributed by atoms with Gasteiger partial charge in [0.1, 0.15) is 0 Å². The number of fused-ring (bicyclic) bond motifs is 2. The van der Waals surface area contributed by atoms with E-state index in [1.807, 2.05) is 24.4 Å². The molecule has 98 valence electrons. The molecule has 0 aliphatic carbocycles. The maximum absolute atomic E-state index is 12.1. The van der Waals surface area contributed by atoms with Crippen LogP contribution in [0.3, 0.4) is 0 Å². The van der Waals surface area contributed by atoms with E-state index in [2.05, 4.69) is 28.4 Å². The van der Waals surface area contributed by atoms with Crippen molar-refractivity contribution in [1.29, 1.82) is 0 Å². The lowest BCUT2D eigenvalue weighted by atomic mass is 9.98. The van der Waals surface area contributed by atoms with Gasteiger partial charge in [0.05, 0.1) is 11.7 Å². The van der Waals surface area contributed by atoms with E-state index in [9.17, 15) is 4.79 Å². The Morgan fingerprint density at radius 1 is 1.15 bits per heavy atom. The Bertz CT molecular complexity index is 822. The van der Waals surface area contributed by atoms with E-state index in [0.29, 0.717) is 6.42 Å². The van der Waals surface area contributed by atoms with Gasteiger partial charge in [-0.3, -0.25) is 9.89 Å². The van der Waals surface area contributed by atoms with Gasteiger partial charge in [0.25, 0.3) is 0 Å². The molecule has 0 saturated carbocycles. The number of Topliss-reactive ketones (excluding diaryl/α,β-unsaturated/α-hetero) is 1. The van der Waals surface area contributed by atoms with Crippen molar-refractivity contribution in [3.05, 3.63) is 48.2 Å². The van der Waals surface area contributed by atoms with Crippen LogP contribution >= 0.6 is 11.8 Å². The molecule has 0 saturated heterocycles. The number of H-pyrrole nitrogens is 1. The molecule has 4 rings (SSSR count). The molecule has 20 heavy (non-hydrogen) atoms. The maximum atomic E-state index is 12.1. The van der Waals surface area contributed by atoms with Gasteiger partial charge in [-0.2, -0.15) is 5.10 Å². The van der Waals surface area contributed by atoms with Crippen molar-refractivity contribution < 1.29 is 4.79 Å². The van der Waals surface area contributed by atoms with Crippen LogP contribution in [-0.4, -0.2) is 21.7 Å². The quantitative estimate of drug-likeness (QED) is 0.735. The molecule has 0 fully saturated rings. The second-order valence-electron chi connectivity index (χ2n) is 4.87. The first-order chi connectivity index (χ1) is 9.83. The number of benzene rings is 2. The van der Waals surface area contributed by atoms with E-state index < -0.39 is 0 Å². The summed E-state index contributed by atoms with van der Waals surface area (Å²) in [7, 11) is 0. The average molecular weight is 280 g/mol. The summed E-state index contributed by atoms with van der Waals surface area (Å²) in [4.78, 5) is 13.2. The molecule has 0 radical (unpaired) electrons. The number of thioether (sulfide) groups is 1. The normalized spacial score (nSPS) is 14.5. The Morgan fingerprint density at radius 3 is 3.05 bits per heavy atom. The number of hydrogen-bond donors (Lipinski definition) is 1. The van der Waals surface area contributed by atoms with E-state index in [0.717, 1.165) is 38.2 Å². The molecule has 3 nitrogen and oxygen atoms in total. The number of aromatic amines is 1. The molecule has 0 atom stereocenters. The zero-order valence-corrected chi connectivity index (χ0v) is 11.5. The van der Waals surface area contributed by atoms with Crippen LogP contribution in [0.2, 0.25) is 0 Å². The minimum Gasteiger partial charge on any atom is -0.294 e. The molecule has 2 heterocycles. The predicted octanol–water partition coefficient (Wildman–Crippen LogP) is 3.91. The van der Waals surface area contributed by atoms with Gasteiger partial charge >= 0.3 is 0 Å². The van der Waals surface area contributed by atoms with Gasteiger partial charge in [-0.15, -0.1) is 11.8 Å². The monoisotopic (exact) mass is 280 g/mol. The van der Waals surface area contributed by atoms with Crippen LogP contribution in [0, 0.1) is 0 Å². The number of carbonyl (C=O) groups is 1. The molecular formula is C16H12N2OS. The molecule has 0 spiro atoms. The predicted molar refractivity (Wildman–Crippen MR) is 81.2 cm³/mol. The lowest BCUT2D eigenvalue weighted by Crippen LogP contribution is -2.08. The number of nitrogens with one attached hydrogen (secondary N) is 1. The topological polar surface area (TPSA) is 45.8 Å². The Hall–Kier alpha value is -2.07. The van der Waals surface area contributed by atoms with Crippen molar-refractivity contribution in [2.24, 2.45) is 0 Å². The van der Waals surface area contributed by atoms with Gasteiger partial charge in [-0.05, 0) is 29.3 Å². The molecule has 2 aromatic carbocycles. The molecule has 0 unspecified atom stereocenters. The smallest absolute Gasteiger partial charge is 0.164 e. The summed E-state index contributed by atoms with van der Waals surface area (Å²) in [6.45, 7) is 0. The number of aromatic nitrogens is 2. The Kier molecular flexibility index (Phi) is 2.63.